The number of hydrogen-bond acceptors (Lipinski definition) is 6. The van der Waals surface area contributed by atoms with Gasteiger partial charge in [-0.05, 0) is 31.9 Å². The van der Waals surface area contributed by atoms with Gasteiger partial charge in [0.1, 0.15) is 11.6 Å². The average Bonchev–Trinajstić information content (AvgIpc) is 2.82. The fourth-order valence-corrected chi connectivity index (χ4v) is 4.53. The van der Waals surface area contributed by atoms with Gasteiger partial charge in [0, 0.05) is 55.5 Å². The highest BCUT2D eigenvalue weighted by molar-refractivity contribution is 5.94. The predicted octanol–water partition coefficient (Wildman–Crippen LogP) is 3.50. The Balaban J connectivity index is 1.75. The van der Waals surface area contributed by atoms with Crippen molar-refractivity contribution in [2.45, 2.75) is 26.2 Å². The molecule has 3 aromatic rings. The Labute approximate surface area is 184 Å². The van der Waals surface area contributed by atoms with Gasteiger partial charge in [-0.25, -0.2) is 13.8 Å². The third-order valence-corrected chi connectivity index (χ3v) is 6.26. The highest BCUT2D eigenvalue weighted by Crippen LogP contribution is 2.38. The molecule has 32 heavy (non-hydrogen) atoms. The van der Waals surface area contributed by atoms with Crippen LogP contribution < -0.4 is 15.4 Å². The molecule has 2 aliphatic heterocycles. The highest BCUT2D eigenvalue weighted by Gasteiger charge is 2.26. The molecule has 168 valence electrons. The molecule has 0 bridgehead atoms. The largest absolute Gasteiger partial charge is 0.378 e. The Morgan fingerprint density at radius 2 is 1.91 bits per heavy atom. The van der Waals surface area contributed by atoms with Gasteiger partial charge >= 0.3 is 0 Å². The number of aryl methyl sites for hydroxylation is 3. The van der Waals surface area contributed by atoms with Gasteiger partial charge in [-0.1, -0.05) is 0 Å². The van der Waals surface area contributed by atoms with E-state index in [-0.39, 0.29) is 11.1 Å². The molecular formula is C23H25F2N5O2. The summed E-state index contributed by atoms with van der Waals surface area (Å²) in [6.45, 7) is 5.03. The maximum absolute atomic E-state index is 13.4. The van der Waals surface area contributed by atoms with E-state index in [0.717, 1.165) is 35.3 Å². The smallest absolute Gasteiger partial charge is 0.265 e. The minimum absolute atomic E-state index is 0.0664. The number of nitrogens with zero attached hydrogens (tertiary/aromatic N) is 5. The molecule has 0 amide bonds. The number of anilines is 3. The Bertz CT molecular complexity index is 1240. The normalized spacial score (nSPS) is 16.7. The number of rotatable bonds is 3. The van der Waals surface area contributed by atoms with Gasteiger partial charge in [0.2, 0.25) is 0 Å². The van der Waals surface area contributed by atoms with Crippen molar-refractivity contribution in [3.63, 3.8) is 0 Å². The molecule has 5 heterocycles. The van der Waals surface area contributed by atoms with Crippen LogP contribution in [0.5, 0.6) is 0 Å². The highest BCUT2D eigenvalue weighted by atomic mass is 19.3. The molecule has 1 fully saturated rings. The molecule has 1 saturated heterocycles. The maximum atomic E-state index is 13.4. The predicted molar refractivity (Wildman–Crippen MR) is 119 cm³/mol. The third kappa shape index (κ3) is 3.50. The number of ether oxygens (including phenoxy) is 1. The van der Waals surface area contributed by atoms with Gasteiger partial charge in [0.25, 0.3) is 12.0 Å². The van der Waals surface area contributed by atoms with Crippen LogP contribution in [0.25, 0.3) is 10.9 Å². The van der Waals surface area contributed by atoms with Crippen molar-refractivity contribution in [1.82, 2.24) is 14.5 Å². The lowest BCUT2D eigenvalue weighted by atomic mass is 10.0. The lowest BCUT2D eigenvalue weighted by Crippen LogP contribution is -2.37. The van der Waals surface area contributed by atoms with Crippen molar-refractivity contribution in [3.05, 3.63) is 51.6 Å². The number of morpholine rings is 1. The number of halogens is 2. The van der Waals surface area contributed by atoms with Crippen LogP contribution in [-0.4, -0.2) is 47.4 Å². The van der Waals surface area contributed by atoms with E-state index in [1.54, 1.807) is 18.5 Å². The summed E-state index contributed by atoms with van der Waals surface area (Å²) in [4.78, 5) is 26.1. The van der Waals surface area contributed by atoms with Crippen molar-refractivity contribution in [3.8, 4) is 0 Å². The molecule has 0 N–H and O–H groups in total. The van der Waals surface area contributed by atoms with Crippen LogP contribution in [0.1, 0.15) is 29.7 Å². The summed E-state index contributed by atoms with van der Waals surface area (Å²) in [6, 6.07) is 5.31. The first kappa shape index (κ1) is 20.8. The lowest BCUT2D eigenvalue weighted by molar-refractivity contribution is 0.122. The van der Waals surface area contributed by atoms with Gasteiger partial charge in [-0.15, -0.1) is 0 Å². The molecule has 0 spiro atoms. The van der Waals surface area contributed by atoms with Crippen molar-refractivity contribution < 1.29 is 13.5 Å². The number of aromatic nitrogens is 3. The van der Waals surface area contributed by atoms with Crippen LogP contribution in [0.3, 0.4) is 0 Å². The van der Waals surface area contributed by atoms with Crippen LogP contribution in [0.15, 0.2) is 29.2 Å². The fourth-order valence-electron chi connectivity index (χ4n) is 4.53. The number of alkyl halides is 2. The number of fused-ring (bicyclic) bond motifs is 2. The number of pyridine rings is 3. The Morgan fingerprint density at radius 1 is 1.12 bits per heavy atom. The summed E-state index contributed by atoms with van der Waals surface area (Å²) in [6.07, 6.45) is 0.234. The van der Waals surface area contributed by atoms with E-state index in [4.69, 9.17) is 9.72 Å². The van der Waals surface area contributed by atoms with Crippen LogP contribution in [0.4, 0.5) is 26.1 Å². The van der Waals surface area contributed by atoms with Crippen molar-refractivity contribution in [2.24, 2.45) is 7.05 Å². The molecule has 7 nitrogen and oxygen atoms in total. The Hall–Kier alpha value is -3.07. The van der Waals surface area contributed by atoms with E-state index < -0.39 is 6.43 Å². The third-order valence-electron chi connectivity index (χ3n) is 6.26. The van der Waals surface area contributed by atoms with Gasteiger partial charge in [-0.3, -0.25) is 9.78 Å². The average molecular weight is 441 g/mol. The summed E-state index contributed by atoms with van der Waals surface area (Å²) >= 11 is 0. The van der Waals surface area contributed by atoms with Crippen LogP contribution >= 0.6 is 0 Å². The molecule has 0 aliphatic carbocycles. The van der Waals surface area contributed by atoms with Gasteiger partial charge in [0.05, 0.1) is 30.1 Å². The Kier molecular flexibility index (Phi) is 5.28. The van der Waals surface area contributed by atoms with Crippen LogP contribution in [0.2, 0.25) is 0 Å². The summed E-state index contributed by atoms with van der Waals surface area (Å²) in [5.74, 6) is 1.41. The van der Waals surface area contributed by atoms with Gasteiger partial charge < -0.3 is 19.1 Å². The van der Waals surface area contributed by atoms with Crippen LogP contribution in [0, 0.1) is 6.92 Å². The molecule has 2 aliphatic rings. The number of hydrogen-bond donors (Lipinski definition) is 0. The zero-order valence-electron chi connectivity index (χ0n) is 18.1. The van der Waals surface area contributed by atoms with E-state index in [0.29, 0.717) is 49.9 Å². The van der Waals surface area contributed by atoms with Crippen LogP contribution in [-0.2, 0) is 18.2 Å². The molecule has 9 heteroatoms. The topological polar surface area (TPSA) is 63.5 Å². The second kappa shape index (κ2) is 8.12. The quantitative estimate of drug-likeness (QED) is 0.620. The lowest BCUT2D eigenvalue weighted by Gasteiger charge is -2.33. The molecule has 0 saturated carbocycles. The molecule has 5 rings (SSSR count). The summed E-state index contributed by atoms with van der Waals surface area (Å²) in [5, 5.41) is 0.817. The molecular weight excluding hydrogens is 416 g/mol. The van der Waals surface area contributed by atoms with E-state index in [2.05, 4.69) is 9.88 Å². The van der Waals surface area contributed by atoms with Gasteiger partial charge in [0.15, 0.2) is 0 Å². The van der Waals surface area contributed by atoms with E-state index >= 15 is 0 Å². The molecule has 0 aromatic carbocycles. The summed E-state index contributed by atoms with van der Waals surface area (Å²) in [7, 11) is 1.76. The van der Waals surface area contributed by atoms with Crippen molar-refractivity contribution >= 4 is 28.2 Å². The van der Waals surface area contributed by atoms with E-state index in [1.807, 2.05) is 17.0 Å². The van der Waals surface area contributed by atoms with Crippen molar-refractivity contribution in [2.75, 3.05) is 42.6 Å². The van der Waals surface area contributed by atoms with Crippen molar-refractivity contribution in [1.29, 1.82) is 0 Å². The second-order valence-corrected chi connectivity index (χ2v) is 8.32. The maximum Gasteiger partial charge on any atom is 0.265 e. The van der Waals surface area contributed by atoms with E-state index in [1.165, 1.54) is 12.3 Å². The van der Waals surface area contributed by atoms with E-state index in [9.17, 15) is 13.6 Å². The molecule has 0 atom stereocenters. The molecule has 0 unspecified atom stereocenters. The fraction of sp³-hybridized carbons (Fsp3) is 0.435. The van der Waals surface area contributed by atoms with Gasteiger partial charge in [-0.2, -0.15) is 0 Å². The first-order valence-electron chi connectivity index (χ1n) is 10.8. The summed E-state index contributed by atoms with van der Waals surface area (Å²) in [5.41, 5.74) is 2.65. The first-order valence-corrected chi connectivity index (χ1v) is 10.8. The zero-order valence-corrected chi connectivity index (χ0v) is 18.1. The minimum atomic E-state index is -2.59. The summed E-state index contributed by atoms with van der Waals surface area (Å²) < 4.78 is 34.0. The zero-order chi connectivity index (χ0) is 22.4. The SMILES string of the molecule is Cc1cc2c(N3CCCc4ncc(C(F)F)cc43)nc(N3CCOCC3)cc2n(C)c1=O. The monoisotopic (exact) mass is 441 g/mol. The Morgan fingerprint density at radius 3 is 2.66 bits per heavy atom. The molecule has 0 radical (unpaired) electrons. The minimum Gasteiger partial charge on any atom is -0.378 e. The standard InChI is InChI=1S/C23H25F2N5O2/c1-14-10-16-18(28(2)23(14)31)12-20(29-6-8-32-9-7-29)27-22(16)30-5-3-4-17-19(30)11-15(13-26-17)21(24)25/h10-13,21H,3-9H2,1-2H3. The first-order chi connectivity index (χ1) is 15.4. The second-order valence-electron chi connectivity index (χ2n) is 8.32. The molecule has 3 aromatic heterocycles.